The number of aromatic nitrogens is 4. The zero-order valence-electron chi connectivity index (χ0n) is 22.0. The molecule has 10 heteroatoms. The summed E-state index contributed by atoms with van der Waals surface area (Å²) in [7, 11) is 6.22. The van der Waals surface area contributed by atoms with Crippen LogP contribution in [-0.4, -0.2) is 63.7 Å². The van der Waals surface area contributed by atoms with Gasteiger partial charge in [-0.15, -0.1) is 0 Å². The maximum atomic E-state index is 13.8. The van der Waals surface area contributed by atoms with Crippen molar-refractivity contribution in [2.24, 2.45) is 0 Å². The molecule has 4 rings (SSSR count). The molecular formula is C28H31FN7O2+. The molecule has 2 heterocycles. The molecule has 0 atom stereocenters. The van der Waals surface area contributed by atoms with Crippen molar-refractivity contribution in [3.05, 3.63) is 88.1 Å². The maximum Gasteiger partial charge on any atom is 0.341 e. The molecule has 2 aromatic carbocycles. The van der Waals surface area contributed by atoms with Crippen LogP contribution in [0.3, 0.4) is 0 Å². The molecule has 1 N–H and O–H groups in total. The highest BCUT2D eigenvalue weighted by molar-refractivity contribution is 5.83. The molecule has 0 saturated heterocycles. The zero-order chi connectivity index (χ0) is 27.4. The van der Waals surface area contributed by atoms with Gasteiger partial charge in [0.1, 0.15) is 12.4 Å². The van der Waals surface area contributed by atoms with Gasteiger partial charge in [-0.25, -0.2) is 23.2 Å². The van der Waals surface area contributed by atoms with Gasteiger partial charge in [-0.05, 0) is 55.0 Å². The van der Waals surface area contributed by atoms with E-state index in [1.807, 2.05) is 0 Å². The lowest BCUT2D eigenvalue weighted by Gasteiger charge is -2.23. The van der Waals surface area contributed by atoms with Gasteiger partial charge in [-0.1, -0.05) is 12.1 Å². The largest absolute Gasteiger partial charge is 0.341 e. The molecule has 0 radical (unpaired) electrons. The molecule has 38 heavy (non-hydrogen) atoms. The third kappa shape index (κ3) is 5.43. The number of nitriles is 1. The van der Waals surface area contributed by atoms with Gasteiger partial charge in [-0.2, -0.15) is 10.4 Å². The van der Waals surface area contributed by atoms with E-state index in [1.54, 1.807) is 72.4 Å². The number of amides is 1. The summed E-state index contributed by atoms with van der Waals surface area (Å²) < 4.78 is 18.3. The lowest BCUT2D eigenvalue weighted by Crippen LogP contribution is -2.40. The van der Waals surface area contributed by atoms with Crippen molar-refractivity contribution in [1.29, 1.82) is 5.26 Å². The van der Waals surface area contributed by atoms with E-state index in [0.717, 1.165) is 22.0 Å². The summed E-state index contributed by atoms with van der Waals surface area (Å²) in [5.74, 6) is 0. The van der Waals surface area contributed by atoms with Crippen LogP contribution in [0, 0.1) is 18.3 Å². The fourth-order valence-corrected chi connectivity index (χ4v) is 4.37. The van der Waals surface area contributed by atoms with Crippen LogP contribution < -0.4 is 11.0 Å². The van der Waals surface area contributed by atoms with E-state index in [0.29, 0.717) is 46.1 Å². The Bertz CT molecular complexity index is 1550. The Morgan fingerprint density at radius 2 is 1.84 bits per heavy atom. The number of imidazole rings is 1. The third-order valence-electron chi connectivity index (χ3n) is 6.22. The van der Waals surface area contributed by atoms with Gasteiger partial charge in [0, 0.05) is 13.0 Å². The summed E-state index contributed by atoms with van der Waals surface area (Å²) in [6.07, 6.45) is 2.32. The lowest BCUT2D eigenvalue weighted by atomic mass is 10.2. The Morgan fingerprint density at radius 1 is 1.11 bits per heavy atom. The monoisotopic (exact) mass is 516 g/mol. The summed E-state index contributed by atoms with van der Waals surface area (Å²) >= 11 is 0. The topological polar surface area (TPSA) is 97.6 Å². The molecule has 9 nitrogen and oxygen atoms in total. The van der Waals surface area contributed by atoms with Crippen LogP contribution in [0.4, 0.5) is 9.18 Å². The minimum Gasteiger partial charge on any atom is -0.337 e. The zero-order valence-corrected chi connectivity index (χ0v) is 22.0. The van der Waals surface area contributed by atoms with Gasteiger partial charge >= 0.3 is 11.7 Å². The van der Waals surface area contributed by atoms with Crippen LogP contribution in [-0.2, 0) is 6.67 Å². The highest BCUT2D eigenvalue weighted by Gasteiger charge is 2.26. The number of benzene rings is 2. The smallest absolute Gasteiger partial charge is 0.337 e. The molecule has 196 valence electrons. The van der Waals surface area contributed by atoms with Gasteiger partial charge in [0.2, 0.25) is 0 Å². The number of hydrogen-bond acceptors (Lipinski definition) is 4. The Hall–Kier alpha value is -4.49. The van der Waals surface area contributed by atoms with Crippen LogP contribution in [0.1, 0.15) is 23.2 Å². The number of nitrogens with zero attached hydrogens (tertiary/aromatic N) is 6. The number of rotatable bonds is 8. The molecule has 0 saturated carbocycles. The average molecular weight is 517 g/mol. The summed E-state index contributed by atoms with van der Waals surface area (Å²) in [6.45, 7) is 2.32. The molecule has 4 aromatic rings. The van der Waals surface area contributed by atoms with Gasteiger partial charge < -0.3 is 9.80 Å². The van der Waals surface area contributed by atoms with Gasteiger partial charge in [-0.3, -0.25) is 4.57 Å². The van der Waals surface area contributed by atoms with Crippen molar-refractivity contribution in [1.82, 2.24) is 24.2 Å². The van der Waals surface area contributed by atoms with Crippen LogP contribution in [0.5, 0.6) is 0 Å². The van der Waals surface area contributed by atoms with E-state index in [9.17, 15) is 14.0 Å². The molecule has 0 fully saturated rings. The summed E-state index contributed by atoms with van der Waals surface area (Å²) in [5, 5.41) is 16.5. The fraction of sp³-hybridized carbons (Fsp3) is 0.286. The molecular weight excluding hydrogens is 485 g/mol. The van der Waals surface area contributed by atoms with E-state index in [4.69, 9.17) is 5.26 Å². The van der Waals surface area contributed by atoms with Crippen LogP contribution >= 0.6 is 0 Å². The van der Waals surface area contributed by atoms with Crippen molar-refractivity contribution in [2.75, 3.05) is 34.2 Å². The van der Waals surface area contributed by atoms with Crippen molar-refractivity contribution in [2.45, 2.75) is 20.0 Å². The first kappa shape index (κ1) is 26.6. The first-order valence-electron chi connectivity index (χ1n) is 12.3. The number of quaternary nitrogens is 1. The van der Waals surface area contributed by atoms with Crippen molar-refractivity contribution >= 4 is 6.03 Å². The second-order valence-corrected chi connectivity index (χ2v) is 10.1. The van der Waals surface area contributed by atoms with Gasteiger partial charge in [0.25, 0.3) is 0 Å². The van der Waals surface area contributed by atoms with E-state index >= 15 is 0 Å². The first-order valence-corrected chi connectivity index (χ1v) is 12.3. The standard InChI is InChI=1S/C28H30FN7O2/c1-20-26(25-13-15-32-35(25)23-11-9-21(19-30)10-12-23)34(27(37)31-14-6-16-36(2,3)4)28(38)33(20)24-8-5-7-22(17-24)18-29/h5,7-13,15,17H,6,14,16,18H2,1-4H3/p+1. The highest BCUT2D eigenvalue weighted by Crippen LogP contribution is 2.27. The molecule has 0 unspecified atom stereocenters. The van der Waals surface area contributed by atoms with Crippen LogP contribution in [0.15, 0.2) is 65.6 Å². The third-order valence-corrected chi connectivity index (χ3v) is 6.22. The highest BCUT2D eigenvalue weighted by atomic mass is 19.1. The number of hydrogen-bond donors (Lipinski definition) is 1. The van der Waals surface area contributed by atoms with E-state index < -0.39 is 18.4 Å². The molecule has 0 aliphatic rings. The van der Waals surface area contributed by atoms with Gasteiger partial charge in [0.05, 0.1) is 68.3 Å². The first-order chi connectivity index (χ1) is 18.1. The number of alkyl halides is 1. The number of carbonyl (C=O) groups excluding carboxylic acids is 1. The number of halogens is 1. The summed E-state index contributed by atoms with van der Waals surface area (Å²) in [5.41, 5.74) is 2.88. The minimum atomic E-state index is -0.673. The molecule has 0 aliphatic carbocycles. The molecule has 0 spiro atoms. The summed E-state index contributed by atoms with van der Waals surface area (Å²) in [6, 6.07) is 16.7. The second-order valence-electron chi connectivity index (χ2n) is 10.1. The fourth-order valence-electron chi connectivity index (χ4n) is 4.37. The lowest BCUT2D eigenvalue weighted by molar-refractivity contribution is -0.870. The second kappa shape index (κ2) is 10.9. The normalized spacial score (nSPS) is 11.4. The molecule has 2 aromatic heterocycles. The molecule has 0 aliphatic heterocycles. The predicted octanol–water partition coefficient (Wildman–Crippen LogP) is 3.80. The Morgan fingerprint density at radius 3 is 2.50 bits per heavy atom. The predicted molar refractivity (Wildman–Crippen MR) is 143 cm³/mol. The number of nitrogens with one attached hydrogen (secondary N) is 1. The SMILES string of the molecule is Cc1c(-c2ccnn2-c2ccc(C#N)cc2)n(C(=O)NCCC[N+](C)(C)C)c(=O)n1-c1cccc(CF)c1. The Balaban J connectivity index is 1.84. The van der Waals surface area contributed by atoms with E-state index in [-0.39, 0.29) is 0 Å². The van der Waals surface area contributed by atoms with Gasteiger partial charge in [0.15, 0.2) is 0 Å². The maximum absolute atomic E-state index is 13.8. The van der Waals surface area contributed by atoms with Crippen LogP contribution in [0.2, 0.25) is 0 Å². The van der Waals surface area contributed by atoms with Crippen LogP contribution in [0.25, 0.3) is 22.8 Å². The quantitative estimate of drug-likeness (QED) is 0.285. The van der Waals surface area contributed by atoms with Crippen molar-refractivity contribution in [3.63, 3.8) is 0 Å². The Kier molecular flexibility index (Phi) is 7.60. The number of carbonyl (C=O) groups is 1. The average Bonchev–Trinajstić information content (AvgIpc) is 3.47. The Labute approximate surface area is 220 Å². The van der Waals surface area contributed by atoms with E-state index in [1.165, 1.54) is 4.57 Å². The van der Waals surface area contributed by atoms with Crippen molar-refractivity contribution in [3.8, 4) is 28.8 Å². The van der Waals surface area contributed by atoms with Crippen molar-refractivity contribution < 1.29 is 13.7 Å². The molecule has 1 amide bonds. The summed E-state index contributed by atoms with van der Waals surface area (Å²) in [4.78, 5) is 27.2. The molecule has 0 bridgehead atoms. The van der Waals surface area contributed by atoms with E-state index in [2.05, 4.69) is 37.6 Å². The minimum absolute atomic E-state index is 0.367.